The van der Waals surface area contributed by atoms with Crippen LogP contribution in [0.5, 0.6) is 0 Å². The van der Waals surface area contributed by atoms with Crippen molar-refractivity contribution in [2.45, 2.75) is 133 Å². The minimum atomic E-state index is -0.822. The van der Waals surface area contributed by atoms with Crippen LogP contribution in [-0.2, 0) is 23.9 Å². The van der Waals surface area contributed by atoms with Gasteiger partial charge in [0.05, 0.1) is 11.8 Å². The van der Waals surface area contributed by atoms with E-state index in [0.717, 1.165) is 62.4 Å². The number of hydrogen-bond donors (Lipinski definition) is 1. The van der Waals surface area contributed by atoms with Crippen LogP contribution in [0.2, 0.25) is 0 Å². The molecule has 1 heterocycles. The molecular formula is C39H56N2O6. The van der Waals surface area contributed by atoms with E-state index >= 15 is 0 Å². The molecule has 0 saturated heterocycles. The molecule has 1 amide bonds. The average Bonchev–Trinajstić information content (AvgIpc) is 3.53. The van der Waals surface area contributed by atoms with Gasteiger partial charge in [-0.25, -0.2) is 0 Å². The maximum Gasteiger partial charge on any atom is 0.307 e. The van der Waals surface area contributed by atoms with Gasteiger partial charge in [0.1, 0.15) is 18.2 Å². The van der Waals surface area contributed by atoms with Gasteiger partial charge in [0.2, 0.25) is 5.91 Å². The largest absolute Gasteiger partial charge is 0.462 e. The number of ether oxygens (including phenoxy) is 1. The zero-order valence-corrected chi connectivity index (χ0v) is 30.1. The van der Waals surface area contributed by atoms with Crippen molar-refractivity contribution in [3.05, 3.63) is 23.0 Å². The number of allylic oxidation sites excluding steroid dienone is 1. The lowest BCUT2D eigenvalue weighted by Gasteiger charge is -2.68. The van der Waals surface area contributed by atoms with Crippen molar-refractivity contribution in [2.75, 3.05) is 5.32 Å². The molecule has 47 heavy (non-hydrogen) atoms. The number of aromatic nitrogens is 1. The van der Waals surface area contributed by atoms with E-state index in [1.807, 2.05) is 0 Å². The Hall–Kier alpha value is -2.77. The lowest BCUT2D eigenvalue weighted by atomic mass is 9.36. The number of aryl methyl sites for hydroxylation is 1. The van der Waals surface area contributed by atoms with Crippen LogP contribution in [0.25, 0.3) is 0 Å². The Balaban J connectivity index is 1.28. The van der Waals surface area contributed by atoms with Gasteiger partial charge in [0.25, 0.3) is 0 Å². The summed E-state index contributed by atoms with van der Waals surface area (Å²) in [6.07, 6.45) is 8.70. The van der Waals surface area contributed by atoms with Gasteiger partial charge in [0, 0.05) is 23.3 Å². The number of Topliss-reactive ketones (excluding diaryl/α,β-unsaturated/α-hetero) is 1. The van der Waals surface area contributed by atoms with Gasteiger partial charge in [-0.3, -0.25) is 14.4 Å². The molecule has 0 aliphatic heterocycles. The fourth-order valence-electron chi connectivity index (χ4n) is 12.0. The Labute approximate surface area is 280 Å². The number of esters is 1. The van der Waals surface area contributed by atoms with Crippen molar-refractivity contribution >= 4 is 29.8 Å². The second-order valence-electron chi connectivity index (χ2n) is 18.0. The third-order valence-electron chi connectivity index (χ3n) is 14.0. The maximum absolute atomic E-state index is 14.2. The standard InChI is InChI=1S/C39H56N2O6/c1-22(2)32-26(43)19-39(34(45)40-30-18-23(3)47-41-30)17-12-25-24(33(32)39)10-11-28-37(25,8)15-13-27-36(6,7)29(14-16-38(27,28)9)46-31(44)20-35(4,5)21-42/h18,21-22,24-25,27-29H,10-17,19-20H2,1-9H3,(H,40,41,45)/t24?,25?,27?,28?,29-,37-,38-,39?/m0/s1. The predicted octanol–water partition coefficient (Wildman–Crippen LogP) is 8.04. The quantitative estimate of drug-likeness (QED) is 0.235. The highest BCUT2D eigenvalue weighted by molar-refractivity contribution is 6.09. The molecule has 6 rings (SSSR count). The summed E-state index contributed by atoms with van der Waals surface area (Å²) in [5.41, 5.74) is 0.492. The third-order valence-corrected chi connectivity index (χ3v) is 14.0. The second kappa shape index (κ2) is 11.4. The van der Waals surface area contributed by atoms with E-state index in [-0.39, 0.29) is 64.7 Å². The Bertz CT molecular complexity index is 1500. The predicted molar refractivity (Wildman–Crippen MR) is 179 cm³/mol. The molecule has 8 nitrogen and oxygen atoms in total. The molecule has 1 aromatic heterocycles. The Kier molecular flexibility index (Phi) is 8.27. The molecule has 258 valence electrons. The van der Waals surface area contributed by atoms with Crippen molar-refractivity contribution in [2.24, 2.45) is 56.7 Å². The smallest absolute Gasteiger partial charge is 0.307 e. The monoisotopic (exact) mass is 648 g/mol. The fourth-order valence-corrected chi connectivity index (χ4v) is 12.0. The topological polar surface area (TPSA) is 116 Å². The summed E-state index contributed by atoms with van der Waals surface area (Å²) in [4.78, 5) is 52.4. The molecule has 8 atom stereocenters. The molecule has 1 N–H and O–H groups in total. The van der Waals surface area contributed by atoms with Gasteiger partial charge < -0.3 is 19.4 Å². The molecule has 0 aromatic carbocycles. The van der Waals surface area contributed by atoms with Crippen molar-refractivity contribution in [3.8, 4) is 0 Å². The zero-order chi connectivity index (χ0) is 34.3. The van der Waals surface area contributed by atoms with E-state index < -0.39 is 10.8 Å². The molecule has 8 heteroatoms. The first-order valence-electron chi connectivity index (χ1n) is 18.1. The van der Waals surface area contributed by atoms with Gasteiger partial charge in [-0.05, 0) is 110 Å². The van der Waals surface area contributed by atoms with E-state index in [4.69, 9.17) is 9.26 Å². The molecule has 0 radical (unpaired) electrons. The van der Waals surface area contributed by atoms with Gasteiger partial charge in [-0.15, -0.1) is 0 Å². The summed E-state index contributed by atoms with van der Waals surface area (Å²) in [6.45, 7) is 19.2. The summed E-state index contributed by atoms with van der Waals surface area (Å²) in [7, 11) is 0. The molecule has 4 fully saturated rings. The first-order valence-corrected chi connectivity index (χ1v) is 18.1. The van der Waals surface area contributed by atoms with Crippen molar-refractivity contribution in [3.63, 3.8) is 0 Å². The van der Waals surface area contributed by atoms with Crippen molar-refractivity contribution < 1.29 is 28.4 Å². The highest BCUT2D eigenvalue weighted by Gasteiger charge is 2.67. The summed E-state index contributed by atoms with van der Waals surface area (Å²) in [6, 6.07) is 1.73. The highest BCUT2D eigenvalue weighted by Crippen LogP contribution is 2.73. The number of aldehydes is 1. The number of ketones is 1. The van der Waals surface area contributed by atoms with Crippen molar-refractivity contribution in [1.82, 2.24) is 5.16 Å². The van der Waals surface area contributed by atoms with Crippen LogP contribution in [0, 0.1) is 63.6 Å². The number of nitrogens with zero attached hydrogens (tertiary/aromatic N) is 1. The maximum atomic E-state index is 14.2. The molecule has 5 unspecified atom stereocenters. The molecule has 5 aliphatic carbocycles. The first-order chi connectivity index (χ1) is 21.9. The summed E-state index contributed by atoms with van der Waals surface area (Å²) in [5.74, 6) is 2.40. The average molecular weight is 649 g/mol. The molecule has 1 aromatic rings. The number of carbonyl (C=O) groups excluding carboxylic acids is 4. The van der Waals surface area contributed by atoms with Crippen LogP contribution in [0.4, 0.5) is 5.82 Å². The van der Waals surface area contributed by atoms with Crippen LogP contribution in [0.15, 0.2) is 21.7 Å². The Morgan fingerprint density at radius 1 is 1.04 bits per heavy atom. The summed E-state index contributed by atoms with van der Waals surface area (Å²) in [5, 5.41) is 7.07. The van der Waals surface area contributed by atoms with Crippen LogP contribution >= 0.6 is 0 Å². The van der Waals surface area contributed by atoms with Gasteiger partial charge >= 0.3 is 5.97 Å². The molecule has 0 bridgehead atoms. The van der Waals surface area contributed by atoms with E-state index in [1.54, 1.807) is 26.8 Å². The van der Waals surface area contributed by atoms with Gasteiger partial charge in [-0.1, -0.05) is 60.5 Å². The van der Waals surface area contributed by atoms with Crippen LogP contribution in [0.3, 0.4) is 0 Å². The van der Waals surface area contributed by atoms with Gasteiger partial charge in [-0.2, -0.15) is 0 Å². The minimum absolute atomic E-state index is 0.0647. The van der Waals surface area contributed by atoms with Crippen LogP contribution in [-0.4, -0.2) is 35.2 Å². The molecule has 0 spiro atoms. The van der Waals surface area contributed by atoms with Crippen LogP contribution < -0.4 is 5.32 Å². The Morgan fingerprint density at radius 3 is 2.38 bits per heavy atom. The third kappa shape index (κ3) is 5.26. The number of anilines is 1. The van der Waals surface area contributed by atoms with E-state index in [0.29, 0.717) is 35.8 Å². The summed E-state index contributed by atoms with van der Waals surface area (Å²) < 4.78 is 11.4. The number of amides is 1. The summed E-state index contributed by atoms with van der Waals surface area (Å²) >= 11 is 0. The highest BCUT2D eigenvalue weighted by atomic mass is 16.5. The second-order valence-corrected chi connectivity index (χ2v) is 18.0. The minimum Gasteiger partial charge on any atom is -0.462 e. The lowest BCUT2D eigenvalue weighted by molar-refractivity contribution is -0.213. The van der Waals surface area contributed by atoms with E-state index in [9.17, 15) is 19.2 Å². The normalized spacial score (nSPS) is 37.8. The SMILES string of the molecule is Cc1cc(NC(=O)C23CCC4C(CCC5[C@@]4(C)CCC4C(C)(C)[C@@H](OC(=O)CC(C)(C)C=O)CC[C@@]45C)C2=C(C(C)C)C(=O)C3)no1. The van der Waals surface area contributed by atoms with Gasteiger partial charge in [0.15, 0.2) is 11.6 Å². The van der Waals surface area contributed by atoms with Crippen LogP contribution in [0.1, 0.15) is 125 Å². The lowest BCUT2D eigenvalue weighted by Crippen LogP contribution is -2.63. The number of fused-ring (bicyclic) bond motifs is 7. The Morgan fingerprint density at radius 2 is 1.74 bits per heavy atom. The number of rotatable bonds is 7. The number of nitrogens with one attached hydrogen (secondary N) is 1. The first kappa shape index (κ1) is 34.1. The zero-order valence-electron chi connectivity index (χ0n) is 30.1. The number of carbonyl (C=O) groups is 4. The fraction of sp³-hybridized carbons (Fsp3) is 0.769. The van der Waals surface area contributed by atoms with Crippen molar-refractivity contribution in [1.29, 1.82) is 0 Å². The molecular weight excluding hydrogens is 592 g/mol. The number of hydrogen-bond acceptors (Lipinski definition) is 7. The molecule has 5 aliphatic rings. The van der Waals surface area contributed by atoms with E-state index in [2.05, 4.69) is 52.0 Å². The van der Waals surface area contributed by atoms with E-state index in [1.165, 1.54) is 0 Å². The molecule has 4 saturated carbocycles.